The lowest BCUT2D eigenvalue weighted by molar-refractivity contribution is -0.120. The molecule has 3 heteroatoms. The third kappa shape index (κ3) is 4.54. The van der Waals surface area contributed by atoms with Gasteiger partial charge in [0, 0.05) is 12.5 Å². The summed E-state index contributed by atoms with van der Waals surface area (Å²) in [6.45, 7) is 0.474. The number of amides is 1. The molecule has 0 aromatic heterocycles. The number of nitrogens with one attached hydrogen (secondary N) is 1. The summed E-state index contributed by atoms with van der Waals surface area (Å²) in [5.74, 6) is -0.464. The molecular formula is C22H20FNO. The van der Waals surface area contributed by atoms with Gasteiger partial charge < -0.3 is 5.32 Å². The standard InChI is InChI=1S/C22H20FNO/c23-21-14-8-7-13-19(21)15-22(25)24-16-20(17-9-3-1-4-10-17)18-11-5-2-6-12-18/h1-14,20H,15-16H2,(H,24,25). The number of carbonyl (C=O) groups excluding carboxylic acids is 1. The van der Waals surface area contributed by atoms with E-state index in [1.807, 2.05) is 36.4 Å². The van der Waals surface area contributed by atoms with Gasteiger partial charge in [-0.2, -0.15) is 0 Å². The molecule has 0 bridgehead atoms. The molecule has 126 valence electrons. The first kappa shape index (κ1) is 16.9. The van der Waals surface area contributed by atoms with Gasteiger partial charge in [-0.05, 0) is 22.8 Å². The third-order valence-electron chi connectivity index (χ3n) is 4.22. The van der Waals surface area contributed by atoms with Crippen molar-refractivity contribution in [1.29, 1.82) is 0 Å². The highest BCUT2D eigenvalue weighted by Gasteiger charge is 2.15. The minimum atomic E-state index is -0.347. The van der Waals surface area contributed by atoms with Crippen molar-refractivity contribution in [2.75, 3.05) is 6.54 Å². The van der Waals surface area contributed by atoms with Crippen molar-refractivity contribution >= 4 is 5.91 Å². The minimum Gasteiger partial charge on any atom is -0.355 e. The van der Waals surface area contributed by atoms with Crippen LogP contribution in [0.2, 0.25) is 0 Å². The van der Waals surface area contributed by atoms with E-state index in [-0.39, 0.29) is 24.1 Å². The third-order valence-corrected chi connectivity index (χ3v) is 4.22. The Balaban J connectivity index is 1.71. The highest BCUT2D eigenvalue weighted by Crippen LogP contribution is 2.23. The average Bonchev–Trinajstić information content (AvgIpc) is 2.66. The Morgan fingerprint density at radius 2 is 1.32 bits per heavy atom. The molecule has 0 radical (unpaired) electrons. The van der Waals surface area contributed by atoms with E-state index in [1.165, 1.54) is 6.07 Å². The van der Waals surface area contributed by atoms with E-state index in [2.05, 4.69) is 29.6 Å². The summed E-state index contributed by atoms with van der Waals surface area (Å²) in [6.07, 6.45) is 0.0446. The zero-order chi connectivity index (χ0) is 17.5. The van der Waals surface area contributed by atoms with Gasteiger partial charge in [0.25, 0.3) is 0 Å². The van der Waals surface area contributed by atoms with Crippen molar-refractivity contribution in [3.63, 3.8) is 0 Å². The number of halogens is 1. The molecule has 0 saturated carbocycles. The van der Waals surface area contributed by atoms with Crippen molar-refractivity contribution in [3.05, 3.63) is 107 Å². The fraction of sp³-hybridized carbons (Fsp3) is 0.136. The van der Waals surface area contributed by atoms with Gasteiger partial charge in [0.2, 0.25) is 5.91 Å². The molecule has 1 amide bonds. The summed E-state index contributed by atoms with van der Waals surface area (Å²) in [7, 11) is 0. The summed E-state index contributed by atoms with van der Waals surface area (Å²) in [6, 6.07) is 26.5. The maximum Gasteiger partial charge on any atom is 0.224 e. The molecular weight excluding hydrogens is 313 g/mol. The first-order valence-corrected chi connectivity index (χ1v) is 8.34. The highest BCUT2D eigenvalue weighted by molar-refractivity contribution is 5.78. The number of rotatable bonds is 6. The summed E-state index contributed by atoms with van der Waals surface area (Å²) < 4.78 is 13.7. The lowest BCUT2D eigenvalue weighted by atomic mass is 9.91. The topological polar surface area (TPSA) is 29.1 Å². The van der Waals surface area contributed by atoms with Crippen LogP contribution in [0.15, 0.2) is 84.9 Å². The SMILES string of the molecule is O=C(Cc1ccccc1F)NCC(c1ccccc1)c1ccccc1. The second-order valence-corrected chi connectivity index (χ2v) is 5.95. The largest absolute Gasteiger partial charge is 0.355 e. The lowest BCUT2D eigenvalue weighted by Crippen LogP contribution is -2.30. The molecule has 0 fully saturated rings. The molecule has 3 rings (SSSR count). The monoisotopic (exact) mass is 333 g/mol. The molecule has 3 aromatic rings. The molecule has 1 N–H and O–H groups in total. The maximum atomic E-state index is 13.7. The Bertz CT molecular complexity index is 778. The second kappa shape index (κ2) is 8.25. The van der Waals surface area contributed by atoms with Crippen LogP contribution in [0.25, 0.3) is 0 Å². The number of carbonyl (C=O) groups is 1. The first-order valence-electron chi connectivity index (χ1n) is 8.34. The van der Waals surface area contributed by atoms with Crippen molar-refractivity contribution in [1.82, 2.24) is 5.32 Å². The minimum absolute atomic E-state index is 0.0446. The molecule has 0 spiro atoms. The smallest absolute Gasteiger partial charge is 0.224 e. The van der Waals surface area contributed by atoms with Crippen LogP contribution in [0, 0.1) is 5.82 Å². The Hall–Kier alpha value is -2.94. The predicted octanol–water partition coefficient (Wildman–Crippen LogP) is 4.32. The molecule has 0 atom stereocenters. The average molecular weight is 333 g/mol. The number of benzene rings is 3. The van der Waals surface area contributed by atoms with Gasteiger partial charge in [-0.3, -0.25) is 4.79 Å². The summed E-state index contributed by atoms with van der Waals surface area (Å²) in [4.78, 5) is 12.3. The molecule has 25 heavy (non-hydrogen) atoms. The van der Waals surface area contributed by atoms with Gasteiger partial charge in [-0.15, -0.1) is 0 Å². The number of hydrogen-bond donors (Lipinski definition) is 1. The van der Waals surface area contributed by atoms with E-state index < -0.39 is 0 Å². The fourth-order valence-electron chi connectivity index (χ4n) is 2.89. The molecule has 0 heterocycles. The molecule has 0 unspecified atom stereocenters. The molecule has 0 aliphatic carbocycles. The highest BCUT2D eigenvalue weighted by atomic mass is 19.1. The Morgan fingerprint density at radius 1 is 0.800 bits per heavy atom. The van der Waals surface area contributed by atoms with Crippen molar-refractivity contribution in [2.45, 2.75) is 12.3 Å². The lowest BCUT2D eigenvalue weighted by Gasteiger charge is -2.19. The Labute approximate surface area is 147 Å². The van der Waals surface area contributed by atoms with Gasteiger partial charge in [0.05, 0.1) is 6.42 Å². The van der Waals surface area contributed by atoms with Gasteiger partial charge >= 0.3 is 0 Å². The molecule has 0 aliphatic rings. The van der Waals surface area contributed by atoms with E-state index in [0.717, 1.165) is 11.1 Å². The molecule has 0 saturated heterocycles. The van der Waals surface area contributed by atoms with E-state index in [0.29, 0.717) is 12.1 Å². The second-order valence-electron chi connectivity index (χ2n) is 5.95. The normalized spacial score (nSPS) is 10.6. The Kier molecular flexibility index (Phi) is 5.57. The van der Waals surface area contributed by atoms with Gasteiger partial charge in [-0.1, -0.05) is 78.9 Å². The molecule has 0 aliphatic heterocycles. The van der Waals surface area contributed by atoms with Crippen molar-refractivity contribution < 1.29 is 9.18 Å². The maximum absolute atomic E-state index is 13.7. The van der Waals surface area contributed by atoms with Crippen molar-refractivity contribution in [2.24, 2.45) is 0 Å². The van der Waals surface area contributed by atoms with Gasteiger partial charge in [0.15, 0.2) is 0 Å². The summed E-state index contributed by atoms with van der Waals surface area (Å²) >= 11 is 0. The molecule has 2 nitrogen and oxygen atoms in total. The van der Waals surface area contributed by atoms with Crippen LogP contribution in [-0.4, -0.2) is 12.5 Å². The predicted molar refractivity (Wildman–Crippen MR) is 97.8 cm³/mol. The van der Waals surface area contributed by atoms with Crippen LogP contribution in [-0.2, 0) is 11.2 Å². The van der Waals surface area contributed by atoms with Crippen LogP contribution >= 0.6 is 0 Å². The van der Waals surface area contributed by atoms with Gasteiger partial charge in [-0.25, -0.2) is 4.39 Å². The van der Waals surface area contributed by atoms with Crippen LogP contribution in [0.4, 0.5) is 4.39 Å². The van der Waals surface area contributed by atoms with Crippen molar-refractivity contribution in [3.8, 4) is 0 Å². The summed E-state index contributed by atoms with van der Waals surface area (Å²) in [5.41, 5.74) is 2.69. The fourth-order valence-corrected chi connectivity index (χ4v) is 2.89. The summed E-state index contributed by atoms with van der Waals surface area (Å²) in [5, 5.41) is 2.95. The van der Waals surface area contributed by atoms with Crippen LogP contribution in [0.3, 0.4) is 0 Å². The zero-order valence-corrected chi connectivity index (χ0v) is 13.9. The zero-order valence-electron chi connectivity index (χ0n) is 13.9. The van der Waals surface area contributed by atoms with Gasteiger partial charge in [0.1, 0.15) is 5.82 Å². The van der Waals surface area contributed by atoms with Crippen LogP contribution in [0.1, 0.15) is 22.6 Å². The van der Waals surface area contributed by atoms with Crippen LogP contribution in [0.5, 0.6) is 0 Å². The van der Waals surface area contributed by atoms with Crippen LogP contribution < -0.4 is 5.32 Å². The number of hydrogen-bond acceptors (Lipinski definition) is 1. The Morgan fingerprint density at radius 3 is 1.88 bits per heavy atom. The van der Waals surface area contributed by atoms with E-state index >= 15 is 0 Å². The first-order chi connectivity index (χ1) is 12.2. The molecule has 3 aromatic carbocycles. The van der Waals surface area contributed by atoms with E-state index in [9.17, 15) is 9.18 Å². The quantitative estimate of drug-likeness (QED) is 0.715. The van der Waals surface area contributed by atoms with E-state index in [4.69, 9.17) is 0 Å². The van der Waals surface area contributed by atoms with E-state index in [1.54, 1.807) is 18.2 Å².